The zero-order chi connectivity index (χ0) is 18.8. The summed E-state index contributed by atoms with van der Waals surface area (Å²) in [5.74, 6) is 1.30. The van der Waals surface area contributed by atoms with Gasteiger partial charge in [-0.25, -0.2) is 9.78 Å². The number of aryl methyl sites for hydroxylation is 1. The number of esters is 1. The second-order valence-electron chi connectivity index (χ2n) is 6.16. The molecule has 0 radical (unpaired) electrons. The van der Waals surface area contributed by atoms with Crippen LogP contribution in [0.4, 0.5) is 5.69 Å². The number of imidazole rings is 1. The van der Waals surface area contributed by atoms with Gasteiger partial charge in [-0.05, 0) is 48.5 Å². The van der Waals surface area contributed by atoms with E-state index in [1.54, 1.807) is 12.1 Å². The lowest BCUT2D eigenvalue weighted by Gasteiger charge is -2.07. The van der Waals surface area contributed by atoms with Gasteiger partial charge in [-0.1, -0.05) is 12.1 Å². The SMILES string of the molecule is COC(=O)c1ccc(-c2ccc(NCc3nc4ccccc4n3C)cc2)o1. The van der Waals surface area contributed by atoms with E-state index in [1.165, 1.54) is 7.11 Å². The monoisotopic (exact) mass is 361 g/mol. The molecule has 2 heterocycles. The fraction of sp³-hybridized carbons (Fsp3) is 0.143. The van der Waals surface area contributed by atoms with E-state index in [2.05, 4.69) is 25.7 Å². The van der Waals surface area contributed by atoms with Crippen LogP contribution in [0.5, 0.6) is 0 Å². The minimum absolute atomic E-state index is 0.191. The maximum absolute atomic E-state index is 11.5. The Morgan fingerprint density at radius 2 is 1.89 bits per heavy atom. The third-order valence-corrected chi connectivity index (χ3v) is 4.49. The molecule has 0 saturated heterocycles. The molecule has 27 heavy (non-hydrogen) atoms. The number of carbonyl (C=O) groups is 1. The summed E-state index contributed by atoms with van der Waals surface area (Å²) in [5, 5.41) is 3.39. The Labute approximate surface area is 156 Å². The molecule has 0 amide bonds. The predicted octanol–water partition coefficient (Wildman–Crippen LogP) is 4.23. The molecule has 0 aliphatic heterocycles. The number of para-hydroxylation sites is 2. The Morgan fingerprint density at radius 1 is 1.11 bits per heavy atom. The molecular formula is C21H19N3O3. The lowest BCUT2D eigenvalue weighted by atomic mass is 10.1. The van der Waals surface area contributed by atoms with E-state index >= 15 is 0 Å². The van der Waals surface area contributed by atoms with Crippen molar-refractivity contribution in [3.63, 3.8) is 0 Å². The molecule has 4 aromatic rings. The van der Waals surface area contributed by atoms with Gasteiger partial charge >= 0.3 is 5.97 Å². The standard InChI is InChI=1S/C21H19N3O3/c1-24-17-6-4-3-5-16(17)23-20(24)13-22-15-9-7-14(8-10-15)18-11-12-19(27-18)21(25)26-2/h3-12,22H,13H2,1-2H3. The van der Waals surface area contributed by atoms with Crippen LogP contribution in [0, 0.1) is 0 Å². The summed E-state index contributed by atoms with van der Waals surface area (Å²) in [6.45, 7) is 0.623. The lowest BCUT2D eigenvalue weighted by molar-refractivity contribution is 0.0566. The number of aromatic nitrogens is 2. The number of furan rings is 1. The molecule has 1 N–H and O–H groups in total. The minimum atomic E-state index is -0.484. The van der Waals surface area contributed by atoms with Crippen molar-refractivity contribution in [3.8, 4) is 11.3 Å². The van der Waals surface area contributed by atoms with Gasteiger partial charge < -0.3 is 19.0 Å². The number of methoxy groups -OCH3 is 1. The van der Waals surface area contributed by atoms with E-state index in [1.807, 2.05) is 49.5 Å². The number of fused-ring (bicyclic) bond motifs is 1. The molecule has 2 aromatic heterocycles. The normalized spacial score (nSPS) is 10.9. The van der Waals surface area contributed by atoms with Gasteiger partial charge in [0.1, 0.15) is 11.6 Å². The topological polar surface area (TPSA) is 69.3 Å². The van der Waals surface area contributed by atoms with Crippen molar-refractivity contribution >= 4 is 22.7 Å². The second kappa shape index (κ2) is 6.99. The summed E-state index contributed by atoms with van der Waals surface area (Å²) in [4.78, 5) is 16.2. The van der Waals surface area contributed by atoms with Gasteiger partial charge in [0.05, 0.1) is 24.7 Å². The highest BCUT2D eigenvalue weighted by atomic mass is 16.5. The third kappa shape index (κ3) is 3.29. The number of nitrogens with zero attached hydrogens (tertiary/aromatic N) is 2. The first-order chi connectivity index (χ1) is 13.2. The van der Waals surface area contributed by atoms with Gasteiger partial charge in [-0.2, -0.15) is 0 Å². The summed E-state index contributed by atoms with van der Waals surface area (Å²) in [6, 6.07) is 19.3. The van der Waals surface area contributed by atoms with Gasteiger partial charge in [-0.3, -0.25) is 0 Å². The van der Waals surface area contributed by atoms with E-state index < -0.39 is 5.97 Å². The first-order valence-corrected chi connectivity index (χ1v) is 8.58. The largest absolute Gasteiger partial charge is 0.463 e. The van der Waals surface area contributed by atoms with Crippen LogP contribution in [-0.2, 0) is 18.3 Å². The first kappa shape index (κ1) is 16.9. The van der Waals surface area contributed by atoms with Gasteiger partial charge in [0.15, 0.2) is 0 Å². The number of ether oxygens (including phenoxy) is 1. The van der Waals surface area contributed by atoms with Crippen LogP contribution >= 0.6 is 0 Å². The van der Waals surface area contributed by atoms with Crippen molar-refractivity contribution in [1.29, 1.82) is 0 Å². The Morgan fingerprint density at radius 3 is 2.63 bits per heavy atom. The fourth-order valence-corrected chi connectivity index (χ4v) is 2.99. The van der Waals surface area contributed by atoms with Crippen molar-refractivity contribution in [3.05, 3.63) is 72.2 Å². The third-order valence-electron chi connectivity index (χ3n) is 4.49. The lowest BCUT2D eigenvalue weighted by Crippen LogP contribution is -2.05. The average molecular weight is 361 g/mol. The molecule has 0 fully saturated rings. The van der Waals surface area contributed by atoms with Crippen LogP contribution in [-0.4, -0.2) is 22.6 Å². The van der Waals surface area contributed by atoms with Gasteiger partial charge in [0.25, 0.3) is 0 Å². The summed E-state index contributed by atoms with van der Waals surface area (Å²) in [7, 11) is 3.35. The number of hydrogen-bond donors (Lipinski definition) is 1. The van der Waals surface area contributed by atoms with E-state index in [0.717, 1.165) is 28.1 Å². The average Bonchev–Trinajstić information content (AvgIpc) is 3.32. The van der Waals surface area contributed by atoms with Crippen LogP contribution in [0.25, 0.3) is 22.4 Å². The second-order valence-corrected chi connectivity index (χ2v) is 6.16. The Balaban J connectivity index is 1.47. The van der Waals surface area contributed by atoms with Crippen LogP contribution in [0.3, 0.4) is 0 Å². The molecule has 0 spiro atoms. The number of rotatable bonds is 5. The van der Waals surface area contributed by atoms with Gasteiger partial charge in [0, 0.05) is 18.3 Å². The van der Waals surface area contributed by atoms with E-state index in [-0.39, 0.29) is 5.76 Å². The van der Waals surface area contributed by atoms with Crippen LogP contribution in [0.15, 0.2) is 65.1 Å². The zero-order valence-corrected chi connectivity index (χ0v) is 15.1. The predicted molar refractivity (Wildman–Crippen MR) is 104 cm³/mol. The maximum atomic E-state index is 11.5. The molecule has 0 atom stereocenters. The molecule has 0 bridgehead atoms. The highest BCUT2D eigenvalue weighted by Crippen LogP contribution is 2.24. The van der Waals surface area contributed by atoms with E-state index in [0.29, 0.717) is 12.3 Å². The molecule has 6 heteroatoms. The van der Waals surface area contributed by atoms with Gasteiger partial charge in [-0.15, -0.1) is 0 Å². The molecule has 6 nitrogen and oxygen atoms in total. The summed E-state index contributed by atoms with van der Waals surface area (Å²) in [5.41, 5.74) is 3.97. The molecule has 136 valence electrons. The Hall–Kier alpha value is -3.54. The van der Waals surface area contributed by atoms with E-state index in [4.69, 9.17) is 4.42 Å². The number of benzene rings is 2. The Bertz CT molecular complexity index is 1090. The summed E-state index contributed by atoms with van der Waals surface area (Å²) < 4.78 is 12.3. The zero-order valence-electron chi connectivity index (χ0n) is 15.1. The van der Waals surface area contributed by atoms with Crippen LogP contribution < -0.4 is 5.32 Å². The molecule has 4 rings (SSSR count). The molecular weight excluding hydrogens is 342 g/mol. The van der Waals surface area contributed by atoms with Crippen molar-refractivity contribution in [2.24, 2.45) is 7.05 Å². The highest BCUT2D eigenvalue weighted by molar-refractivity contribution is 5.87. The summed E-state index contributed by atoms with van der Waals surface area (Å²) in [6.07, 6.45) is 0. The highest BCUT2D eigenvalue weighted by Gasteiger charge is 2.12. The minimum Gasteiger partial charge on any atom is -0.463 e. The van der Waals surface area contributed by atoms with Crippen molar-refractivity contribution in [2.75, 3.05) is 12.4 Å². The smallest absolute Gasteiger partial charge is 0.373 e. The van der Waals surface area contributed by atoms with Crippen molar-refractivity contribution < 1.29 is 13.9 Å². The molecule has 0 aliphatic carbocycles. The number of anilines is 1. The summed E-state index contributed by atoms with van der Waals surface area (Å²) >= 11 is 0. The van der Waals surface area contributed by atoms with E-state index in [9.17, 15) is 4.79 Å². The molecule has 0 saturated carbocycles. The number of hydrogen-bond acceptors (Lipinski definition) is 5. The van der Waals surface area contributed by atoms with Crippen LogP contribution in [0.1, 0.15) is 16.4 Å². The number of carbonyl (C=O) groups excluding carboxylic acids is 1. The number of nitrogens with one attached hydrogen (secondary N) is 1. The van der Waals surface area contributed by atoms with Gasteiger partial charge in [0.2, 0.25) is 5.76 Å². The quantitative estimate of drug-likeness (QED) is 0.539. The van der Waals surface area contributed by atoms with Crippen LogP contribution in [0.2, 0.25) is 0 Å². The first-order valence-electron chi connectivity index (χ1n) is 8.58. The molecule has 2 aromatic carbocycles. The van der Waals surface area contributed by atoms with Crippen molar-refractivity contribution in [2.45, 2.75) is 6.54 Å². The molecule has 0 aliphatic rings. The Kier molecular flexibility index (Phi) is 4.38. The maximum Gasteiger partial charge on any atom is 0.373 e. The van der Waals surface area contributed by atoms with Crippen molar-refractivity contribution in [1.82, 2.24) is 9.55 Å². The molecule has 0 unspecified atom stereocenters. The fourth-order valence-electron chi connectivity index (χ4n) is 2.99.